The summed E-state index contributed by atoms with van der Waals surface area (Å²) in [6, 6.07) is 4.23. The third kappa shape index (κ3) is 1.89. The van der Waals surface area contributed by atoms with Crippen molar-refractivity contribution >= 4 is 5.97 Å². The molecule has 0 amide bonds. The van der Waals surface area contributed by atoms with Crippen LogP contribution < -0.4 is 10.4 Å². The maximum atomic E-state index is 11.4. The lowest BCUT2D eigenvalue weighted by Gasteiger charge is -2.08. The highest BCUT2D eigenvalue weighted by Gasteiger charge is 2.12. The van der Waals surface area contributed by atoms with Gasteiger partial charge in [-0.1, -0.05) is 0 Å². The van der Waals surface area contributed by atoms with Gasteiger partial charge in [-0.05, 0) is 18.2 Å². The van der Waals surface area contributed by atoms with E-state index in [0.29, 0.717) is 11.4 Å². The lowest BCUT2D eigenvalue weighted by molar-refractivity contribution is 0.0697. The summed E-state index contributed by atoms with van der Waals surface area (Å²) < 4.78 is 6.24. The third-order valence-corrected chi connectivity index (χ3v) is 2.24. The van der Waals surface area contributed by atoms with Crippen LogP contribution in [-0.4, -0.2) is 33.0 Å². The molecule has 0 fully saturated rings. The van der Waals surface area contributed by atoms with Crippen molar-refractivity contribution in [1.29, 1.82) is 0 Å². The second-order valence-electron chi connectivity index (χ2n) is 3.22. The molecule has 0 aliphatic carbocycles. The molecule has 0 atom stereocenters. The Morgan fingerprint density at radius 3 is 2.82 bits per heavy atom. The Morgan fingerprint density at radius 1 is 1.53 bits per heavy atom. The number of carboxylic acid groups (broad SMARTS) is 1. The number of rotatable bonds is 3. The molecule has 2 rings (SSSR count). The fourth-order valence-electron chi connectivity index (χ4n) is 1.43. The van der Waals surface area contributed by atoms with Crippen LogP contribution >= 0.6 is 0 Å². The first kappa shape index (κ1) is 10.9. The molecule has 0 saturated carbocycles. The van der Waals surface area contributed by atoms with Gasteiger partial charge in [0.05, 0.1) is 18.4 Å². The van der Waals surface area contributed by atoms with Crippen molar-refractivity contribution in [3.63, 3.8) is 0 Å². The minimum atomic E-state index is -1.08. The number of H-pyrrole nitrogens is 1. The summed E-state index contributed by atoms with van der Waals surface area (Å²) in [7, 11) is 1.43. The molecule has 1 aromatic carbocycles. The number of aromatic carboxylic acids is 1. The van der Waals surface area contributed by atoms with Crippen molar-refractivity contribution < 1.29 is 14.6 Å². The van der Waals surface area contributed by atoms with Crippen LogP contribution in [0.4, 0.5) is 0 Å². The number of aromatic nitrogens is 3. The Balaban J connectivity index is 2.66. The van der Waals surface area contributed by atoms with Crippen LogP contribution in [0.2, 0.25) is 0 Å². The van der Waals surface area contributed by atoms with E-state index in [0.717, 1.165) is 0 Å². The van der Waals surface area contributed by atoms with Gasteiger partial charge in [-0.3, -0.25) is 0 Å². The molecule has 1 aromatic heterocycles. The molecular weight excluding hydrogens is 226 g/mol. The van der Waals surface area contributed by atoms with Crippen molar-refractivity contribution in [1.82, 2.24) is 14.8 Å². The van der Waals surface area contributed by atoms with Gasteiger partial charge in [0.25, 0.3) is 0 Å². The Labute approximate surface area is 95.3 Å². The summed E-state index contributed by atoms with van der Waals surface area (Å²) in [6.45, 7) is 0. The first-order chi connectivity index (χ1) is 8.13. The number of benzene rings is 1. The van der Waals surface area contributed by atoms with Crippen molar-refractivity contribution in [2.75, 3.05) is 7.11 Å². The number of nitrogens with one attached hydrogen (secondary N) is 1. The summed E-state index contributed by atoms with van der Waals surface area (Å²) in [4.78, 5) is 22.3. The zero-order valence-electron chi connectivity index (χ0n) is 8.88. The summed E-state index contributed by atoms with van der Waals surface area (Å²) >= 11 is 0. The molecular formula is C10H9N3O4. The normalized spacial score (nSPS) is 10.2. The highest BCUT2D eigenvalue weighted by molar-refractivity contribution is 5.88. The molecule has 17 heavy (non-hydrogen) atoms. The largest absolute Gasteiger partial charge is 0.495 e. The minimum absolute atomic E-state index is 0.0638. The number of carboxylic acids is 1. The number of carbonyl (C=O) groups is 1. The Bertz CT molecular complexity index is 614. The third-order valence-electron chi connectivity index (χ3n) is 2.24. The van der Waals surface area contributed by atoms with Crippen LogP contribution in [0.5, 0.6) is 5.75 Å². The van der Waals surface area contributed by atoms with Crippen LogP contribution in [0.15, 0.2) is 29.3 Å². The van der Waals surface area contributed by atoms with E-state index in [9.17, 15) is 9.59 Å². The topological polar surface area (TPSA) is 97.2 Å². The summed E-state index contributed by atoms with van der Waals surface area (Å²) in [6.07, 6.45) is 1.26. The highest BCUT2D eigenvalue weighted by atomic mass is 16.5. The Morgan fingerprint density at radius 2 is 2.29 bits per heavy atom. The first-order valence-corrected chi connectivity index (χ1v) is 4.67. The minimum Gasteiger partial charge on any atom is -0.495 e. The molecule has 0 radical (unpaired) electrons. The van der Waals surface area contributed by atoms with Gasteiger partial charge in [-0.2, -0.15) is 5.10 Å². The second-order valence-corrected chi connectivity index (χ2v) is 3.22. The van der Waals surface area contributed by atoms with Crippen molar-refractivity contribution in [2.24, 2.45) is 0 Å². The predicted octanol–water partition coefficient (Wildman–Crippen LogP) is 0.267. The Kier molecular flexibility index (Phi) is 2.65. The van der Waals surface area contributed by atoms with E-state index in [-0.39, 0.29) is 5.56 Å². The van der Waals surface area contributed by atoms with E-state index in [1.165, 1.54) is 36.2 Å². The molecule has 0 aliphatic heterocycles. The van der Waals surface area contributed by atoms with Crippen molar-refractivity contribution in [2.45, 2.75) is 0 Å². The number of methoxy groups -OCH3 is 1. The van der Waals surface area contributed by atoms with Gasteiger partial charge in [0.1, 0.15) is 12.1 Å². The smallest absolute Gasteiger partial charge is 0.347 e. The zero-order chi connectivity index (χ0) is 12.4. The van der Waals surface area contributed by atoms with Gasteiger partial charge < -0.3 is 9.84 Å². The molecule has 0 saturated heterocycles. The van der Waals surface area contributed by atoms with Gasteiger partial charge in [-0.25, -0.2) is 19.3 Å². The maximum Gasteiger partial charge on any atom is 0.347 e. The van der Waals surface area contributed by atoms with Crippen molar-refractivity contribution in [3.8, 4) is 11.4 Å². The van der Waals surface area contributed by atoms with E-state index in [1.807, 2.05) is 0 Å². The predicted molar refractivity (Wildman–Crippen MR) is 57.7 cm³/mol. The molecule has 7 heteroatoms. The fraction of sp³-hybridized carbons (Fsp3) is 0.100. The van der Waals surface area contributed by atoms with E-state index in [1.54, 1.807) is 0 Å². The van der Waals surface area contributed by atoms with E-state index < -0.39 is 11.7 Å². The molecule has 0 unspecified atom stereocenters. The number of ether oxygens (including phenoxy) is 1. The molecule has 7 nitrogen and oxygen atoms in total. The SMILES string of the molecule is COc1ccc(C(=O)O)cc1-n1cn[nH]c1=O. The monoisotopic (exact) mass is 235 g/mol. The average molecular weight is 235 g/mol. The summed E-state index contributed by atoms with van der Waals surface area (Å²) in [5, 5.41) is 14.7. The van der Waals surface area contributed by atoms with Crippen LogP contribution in [-0.2, 0) is 0 Å². The molecule has 0 aliphatic rings. The van der Waals surface area contributed by atoms with Crippen LogP contribution in [0.3, 0.4) is 0 Å². The quantitative estimate of drug-likeness (QED) is 0.795. The molecule has 88 valence electrons. The fourth-order valence-corrected chi connectivity index (χ4v) is 1.43. The van der Waals surface area contributed by atoms with Gasteiger partial charge >= 0.3 is 11.7 Å². The lowest BCUT2D eigenvalue weighted by atomic mass is 10.2. The van der Waals surface area contributed by atoms with Crippen LogP contribution in [0.25, 0.3) is 5.69 Å². The number of hydrogen-bond acceptors (Lipinski definition) is 4. The van der Waals surface area contributed by atoms with E-state index in [2.05, 4.69) is 10.2 Å². The van der Waals surface area contributed by atoms with E-state index >= 15 is 0 Å². The second kappa shape index (κ2) is 4.12. The number of nitrogens with zero attached hydrogens (tertiary/aromatic N) is 2. The number of aromatic amines is 1. The lowest BCUT2D eigenvalue weighted by Crippen LogP contribution is -2.15. The maximum absolute atomic E-state index is 11.4. The molecule has 2 aromatic rings. The summed E-state index contributed by atoms with van der Waals surface area (Å²) in [5.41, 5.74) is -0.0779. The van der Waals surface area contributed by atoms with Crippen molar-refractivity contribution in [3.05, 3.63) is 40.6 Å². The summed E-state index contributed by atoms with van der Waals surface area (Å²) in [5.74, 6) is -0.691. The average Bonchev–Trinajstić information content (AvgIpc) is 2.74. The van der Waals surface area contributed by atoms with Crippen LogP contribution in [0.1, 0.15) is 10.4 Å². The zero-order valence-corrected chi connectivity index (χ0v) is 8.88. The van der Waals surface area contributed by atoms with Gasteiger partial charge in [0, 0.05) is 0 Å². The highest BCUT2D eigenvalue weighted by Crippen LogP contribution is 2.22. The number of hydrogen-bond donors (Lipinski definition) is 2. The van der Waals surface area contributed by atoms with Gasteiger partial charge in [0.2, 0.25) is 0 Å². The van der Waals surface area contributed by atoms with Gasteiger partial charge in [0.15, 0.2) is 0 Å². The molecule has 1 heterocycles. The van der Waals surface area contributed by atoms with E-state index in [4.69, 9.17) is 9.84 Å². The molecule has 2 N–H and O–H groups in total. The Hall–Kier alpha value is -2.57. The molecule has 0 bridgehead atoms. The first-order valence-electron chi connectivity index (χ1n) is 4.67. The standard InChI is InChI=1S/C10H9N3O4/c1-17-8-3-2-6(9(14)15)4-7(8)13-5-11-12-10(13)16/h2-5H,1H3,(H,12,16)(H,14,15). The van der Waals surface area contributed by atoms with Gasteiger partial charge in [-0.15, -0.1) is 0 Å². The molecule has 0 spiro atoms. The van der Waals surface area contributed by atoms with Crippen LogP contribution in [0, 0.1) is 0 Å².